The lowest BCUT2D eigenvalue weighted by molar-refractivity contribution is 0.0938. The van der Waals surface area contributed by atoms with Crippen molar-refractivity contribution in [2.24, 2.45) is 5.41 Å². The standard InChI is InChI=1S/C12H20N2O2/c1-9-13-10-6-14(5-4-11(10)16-9)7-12(2,3)8-15/h15H,4-8H2,1-3H3. The summed E-state index contributed by atoms with van der Waals surface area (Å²) in [5.41, 5.74) is 1.02. The number of aliphatic hydroxyl groups excluding tert-OH is 1. The lowest BCUT2D eigenvalue weighted by atomic mass is 9.93. The van der Waals surface area contributed by atoms with Crippen LogP contribution in [0.1, 0.15) is 31.2 Å². The SMILES string of the molecule is Cc1nc2c(o1)CCN(CC(C)(C)CO)C2. The van der Waals surface area contributed by atoms with Crippen LogP contribution in [0.2, 0.25) is 0 Å². The number of hydrogen-bond acceptors (Lipinski definition) is 4. The summed E-state index contributed by atoms with van der Waals surface area (Å²) >= 11 is 0. The third-order valence-corrected chi connectivity index (χ3v) is 2.99. The van der Waals surface area contributed by atoms with Crippen molar-refractivity contribution < 1.29 is 9.52 Å². The highest BCUT2D eigenvalue weighted by Crippen LogP contribution is 2.23. The average Bonchev–Trinajstić information content (AvgIpc) is 2.57. The molecule has 4 heteroatoms. The van der Waals surface area contributed by atoms with E-state index in [0.29, 0.717) is 0 Å². The number of oxazole rings is 1. The van der Waals surface area contributed by atoms with Crippen LogP contribution in [0.3, 0.4) is 0 Å². The Balaban J connectivity index is 2.02. The number of aromatic nitrogens is 1. The minimum Gasteiger partial charge on any atom is -0.446 e. The minimum atomic E-state index is -0.0454. The molecule has 0 saturated carbocycles. The Kier molecular flexibility index (Phi) is 3.04. The van der Waals surface area contributed by atoms with Gasteiger partial charge in [0.25, 0.3) is 0 Å². The van der Waals surface area contributed by atoms with Crippen LogP contribution >= 0.6 is 0 Å². The molecule has 0 atom stereocenters. The van der Waals surface area contributed by atoms with Crippen molar-refractivity contribution >= 4 is 0 Å². The number of nitrogens with zero attached hydrogens (tertiary/aromatic N) is 2. The van der Waals surface area contributed by atoms with Crippen LogP contribution < -0.4 is 0 Å². The number of rotatable bonds is 3. The van der Waals surface area contributed by atoms with E-state index >= 15 is 0 Å². The predicted octanol–water partition coefficient (Wildman–Crippen LogP) is 1.36. The summed E-state index contributed by atoms with van der Waals surface area (Å²) in [4.78, 5) is 6.72. The highest BCUT2D eigenvalue weighted by molar-refractivity contribution is 5.13. The molecule has 1 aromatic heterocycles. The van der Waals surface area contributed by atoms with Crippen LogP contribution in [0, 0.1) is 12.3 Å². The van der Waals surface area contributed by atoms with E-state index in [1.54, 1.807) is 0 Å². The van der Waals surface area contributed by atoms with Gasteiger partial charge < -0.3 is 9.52 Å². The van der Waals surface area contributed by atoms with Crippen molar-refractivity contribution in [2.45, 2.75) is 33.7 Å². The quantitative estimate of drug-likeness (QED) is 0.842. The smallest absolute Gasteiger partial charge is 0.191 e. The lowest BCUT2D eigenvalue weighted by Gasteiger charge is -2.32. The summed E-state index contributed by atoms with van der Waals surface area (Å²) in [6.07, 6.45) is 0.928. The molecule has 0 radical (unpaired) electrons. The largest absolute Gasteiger partial charge is 0.446 e. The molecule has 0 unspecified atom stereocenters. The third kappa shape index (κ3) is 2.44. The first-order valence-electron chi connectivity index (χ1n) is 5.78. The number of aryl methyl sites for hydroxylation is 1. The maximum atomic E-state index is 9.26. The monoisotopic (exact) mass is 224 g/mol. The lowest BCUT2D eigenvalue weighted by Crippen LogP contribution is -2.39. The fourth-order valence-electron chi connectivity index (χ4n) is 2.17. The predicted molar refractivity (Wildman–Crippen MR) is 61.1 cm³/mol. The summed E-state index contributed by atoms with van der Waals surface area (Å²) in [7, 11) is 0. The first kappa shape index (κ1) is 11.6. The van der Waals surface area contributed by atoms with Crippen LogP contribution in [0.15, 0.2) is 4.42 Å². The van der Waals surface area contributed by atoms with E-state index in [1.165, 1.54) is 0 Å². The van der Waals surface area contributed by atoms with Crippen LogP contribution in [0.25, 0.3) is 0 Å². The number of hydrogen-bond donors (Lipinski definition) is 1. The molecule has 0 bridgehead atoms. The second-order valence-electron chi connectivity index (χ2n) is 5.39. The zero-order valence-corrected chi connectivity index (χ0v) is 10.3. The van der Waals surface area contributed by atoms with Gasteiger partial charge in [-0.2, -0.15) is 0 Å². The molecule has 16 heavy (non-hydrogen) atoms. The van der Waals surface area contributed by atoms with Gasteiger partial charge in [0.2, 0.25) is 0 Å². The molecule has 0 amide bonds. The molecule has 1 aliphatic rings. The van der Waals surface area contributed by atoms with E-state index in [2.05, 4.69) is 23.7 Å². The van der Waals surface area contributed by atoms with E-state index in [1.807, 2.05) is 6.92 Å². The van der Waals surface area contributed by atoms with Crippen LogP contribution in [-0.4, -0.2) is 34.7 Å². The molecule has 0 fully saturated rings. The molecule has 0 saturated heterocycles. The summed E-state index contributed by atoms with van der Waals surface area (Å²) in [6.45, 7) is 9.00. The van der Waals surface area contributed by atoms with E-state index in [0.717, 1.165) is 43.4 Å². The van der Waals surface area contributed by atoms with Crippen LogP contribution in [-0.2, 0) is 13.0 Å². The highest BCUT2D eigenvalue weighted by atomic mass is 16.4. The van der Waals surface area contributed by atoms with Crippen molar-refractivity contribution in [3.8, 4) is 0 Å². The molecule has 1 aliphatic heterocycles. The maximum Gasteiger partial charge on any atom is 0.191 e. The second kappa shape index (κ2) is 4.18. The Labute approximate surface area is 96.3 Å². The average molecular weight is 224 g/mol. The first-order chi connectivity index (χ1) is 7.50. The van der Waals surface area contributed by atoms with Crippen LogP contribution in [0.5, 0.6) is 0 Å². The summed E-state index contributed by atoms with van der Waals surface area (Å²) in [6, 6.07) is 0. The normalized spacial score (nSPS) is 17.5. The summed E-state index contributed by atoms with van der Waals surface area (Å²) in [5, 5.41) is 9.26. The van der Waals surface area contributed by atoms with Gasteiger partial charge in [0, 0.05) is 45.0 Å². The van der Waals surface area contributed by atoms with Gasteiger partial charge in [-0.05, 0) is 0 Å². The number of aliphatic hydroxyl groups is 1. The van der Waals surface area contributed by atoms with Crippen molar-refractivity contribution in [1.82, 2.24) is 9.88 Å². The van der Waals surface area contributed by atoms with Gasteiger partial charge >= 0.3 is 0 Å². The van der Waals surface area contributed by atoms with Crippen molar-refractivity contribution in [3.63, 3.8) is 0 Å². The Morgan fingerprint density at radius 1 is 1.50 bits per heavy atom. The third-order valence-electron chi connectivity index (χ3n) is 2.99. The van der Waals surface area contributed by atoms with Crippen molar-refractivity contribution in [1.29, 1.82) is 0 Å². The molecular weight excluding hydrogens is 204 g/mol. The second-order valence-corrected chi connectivity index (χ2v) is 5.39. The molecule has 0 aliphatic carbocycles. The van der Waals surface area contributed by atoms with E-state index < -0.39 is 0 Å². The highest BCUT2D eigenvalue weighted by Gasteiger charge is 2.26. The molecular formula is C12H20N2O2. The van der Waals surface area contributed by atoms with Gasteiger partial charge in [-0.25, -0.2) is 4.98 Å². The number of fused-ring (bicyclic) bond motifs is 1. The topological polar surface area (TPSA) is 49.5 Å². The van der Waals surface area contributed by atoms with E-state index in [-0.39, 0.29) is 12.0 Å². The van der Waals surface area contributed by atoms with Crippen molar-refractivity contribution in [3.05, 3.63) is 17.3 Å². The molecule has 90 valence electrons. The Hall–Kier alpha value is -0.870. The molecule has 0 aromatic carbocycles. The van der Waals surface area contributed by atoms with Gasteiger partial charge in [0.05, 0.1) is 5.69 Å². The van der Waals surface area contributed by atoms with Gasteiger partial charge in [0.15, 0.2) is 5.89 Å². The Bertz CT molecular complexity index is 371. The molecule has 2 heterocycles. The van der Waals surface area contributed by atoms with Gasteiger partial charge in [-0.15, -0.1) is 0 Å². The minimum absolute atomic E-state index is 0.0454. The summed E-state index contributed by atoms with van der Waals surface area (Å²) < 4.78 is 5.52. The zero-order valence-electron chi connectivity index (χ0n) is 10.3. The molecule has 1 aromatic rings. The maximum absolute atomic E-state index is 9.26. The van der Waals surface area contributed by atoms with Gasteiger partial charge in [-0.3, -0.25) is 4.90 Å². The van der Waals surface area contributed by atoms with Gasteiger partial charge in [-0.1, -0.05) is 13.8 Å². The molecule has 0 spiro atoms. The van der Waals surface area contributed by atoms with E-state index in [9.17, 15) is 5.11 Å². The summed E-state index contributed by atoms with van der Waals surface area (Å²) in [5.74, 6) is 1.80. The van der Waals surface area contributed by atoms with Gasteiger partial charge in [0.1, 0.15) is 5.76 Å². The fourth-order valence-corrected chi connectivity index (χ4v) is 2.17. The first-order valence-corrected chi connectivity index (χ1v) is 5.78. The Morgan fingerprint density at radius 2 is 2.25 bits per heavy atom. The van der Waals surface area contributed by atoms with Crippen molar-refractivity contribution in [2.75, 3.05) is 19.7 Å². The van der Waals surface area contributed by atoms with E-state index in [4.69, 9.17) is 4.42 Å². The Morgan fingerprint density at radius 3 is 2.94 bits per heavy atom. The van der Waals surface area contributed by atoms with Crippen LogP contribution in [0.4, 0.5) is 0 Å². The molecule has 4 nitrogen and oxygen atoms in total. The zero-order chi connectivity index (χ0) is 11.8. The fraction of sp³-hybridized carbons (Fsp3) is 0.750. The molecule has 2 rings (SSSR count). The molecule has 1 N–H and O–H groups in total.